The molecule has 0 bridgehead atoms. The van der Waals surface area contributed by atoms with Gasteiger partial charge in [-0.1, -0.05) is 35.9 Å². The number of hydrogen-bond donors (Lipinski definition) is 0. The van der Waals surface area contributed by atoms with Crippen molar-refractivity contribution in [3.8, 4) is 5.75 Å². The van der Waals surface area contributed by atoms with E-state index in [9.17, 15) is 14.4 Å². The van der Waals surface area contributed by atoms with Gasteiger partial charge in [0, 0.05) is 37.5 Å². The van der Waals surface area contributed by atoms with Crippen LogP contribution in [-0.4, -0.2) is 97.5 Å². The monoisotopic (exact) mass is 618 g/mol. The van der Waals surface area contributed by atoms with Crippen LogP contribution in [0.2, 0.25) is 0 Å². The number of aryl methyl sites for hydroxylation is 1. The van der Waals surface area contributed by atoms with Crippen LogP contribution in [0.3, 0.4) is 0 Å². The predicted octanol–water partition coefficient (Wildman–Crippen LogP) is 4.97. The van der Waals surface area contributed by atoms with Crippen LogP contribution in [0.5, 0.6) is 5.75 Å². The van der Waals surface area contributed by atoms with Crippen LogP contribution in [0.25, 0.3) is 0 Å². The zero-order chi connectivity index (χ0) is 31.5. The van der Waals surface area contributed by atoms with Crippen molar-refractivity contribution < 1.29 is 28.6 Å². The van der Waals surface area contributed by atoms with Gasteiger partial charge >= 0.3 is 23.9 Å². The average molecular weight is 619 g/mol. The molecule has 0 atom stereocenters. The summed E-state index contributed by atoms with van der Waals surface area (Å²) in [5.74, 6) is -2.54. The smallest absolute Gasteiger partial charge is 0.347 e. The van der Waals surface area contributed by atoms with Crippen molar-refractivity contribution in [3.63, 3.8) is 0 Å². The SMILES string of the molecule is Cc1ccc(N(CCCOc2ccccc2)C(=O)N(CCCN2CCCC2)C2(CCN3CCCC3)OC(=O)C=CC(=O)O2)cc1. The van der Waals surface area contributed by atoms with Gasteiger partial charge in [-0.2, -0.15) is 0 Å². The average Bonchev–Trinajstić information content (AvgIpc) is 3.75. The van der Waals surface area contributed by atoms with Crippen LogP contribution in [0.15, 0.2) is 66.7 Å². The fourth-order valence-electron chi connectivity index (χ4n) is 6.20. The van der Waals surface area contributed by atoms with Gasteiger partial charge in [-0.15, -0.1) is 0 Å². The Kier molecular flexibility index (Phi) is 11.5. The Hall–Kier alpha value is -3.89. The van der Waals surface area contributed by atoms with E-state index in [1.165, 1.54) is 4.90 Å². The number of urea groups is 1. The first-order valence-electron chi connectivity index (χ1n) is 16.3. The summed E-state index contributed by atoms with van der Waals surface area (Å²) in [7, 11) is 0. The number of hydrogen-bond acceptors (Lipinski definition) is 8. The van der Waals surface area contributed by atoms with E-state index >= 15 is 0 Å². The van der Waals surface area contributed by atoms with Crippen LogP contribution in [-0.2, 0) is 19.1 Å². The maximum Gasteiger partial charge on any atom is 0.347 e. The largest absolute Gasteiger partial charge is 0.494 e. The quantitative estimate of drug-likeness (QED) is 0.217. The van der Waals surface area contributed by atoms with Crippen LogP contribution in [0.4, 0.5) is 10.5 Å². The Balaban J connectivity index is 1.43. The van der Waals surface area contributed by atoms with Crippen molar-refractivity contribution in [2.24, 2.45) is 0 Å². The molecule has 10 nitrogen and oxygen atoms in total. The third-order valence-electron chi connectivity index (χ3n) is 8.63. The normalized spacial score (nSPS) is 18.3. The molecule has 2 amide bonds. The minimum atomic E-state index is -1.88. The number of cyclic esters (lactones) is 2. The molecule has 5 rings (SSSR count). The van der Waals surface area contributed by atoms with Crippen molar-refractivity contribution >= 4 is 23.7 Å². The molecule has 0 unspecified atom stereocenters. The molecule has 0 spiro atoms. The van der Waals surface area contributed by atoms with Crippen molar-refractivity contribution in [1.29, 1.82) is 0 Å². The minimum Gasteiger partial charge on any atom is -0.494 e. The van der Waals surface area contributed by atoms with Crippen molar-refractivity contribution in [1.82, 2.24) is 14.7 Å². The first-order chi connectivity index (χ1) is 21.9. The molecule has 0 aliphatic carbocycles. The van der Waals surface area contributed by atoms with Gasteiger partial charge in [-0.3, -0.25) is 9.80 Å². The van der Waals surface area contributed by atoms with E-state index in [1.807, 2.05) is 61.5 Å². The Labute approximate surface area is 266 Å². The molecule has 0 aromatic heterocycles. The van der Waals surface area contributed by atoms with Crippen LogP contribution < -0.4 is 9.64 Å². The first-order valence-corrected chi connectivity index (χ1v) is 16.3. The van der Waals surface area contributed by atoms with E-state index in [0.29, 0.717) is 38.2 Å². The summed E-state index contributed by atoms with van der Waals surface area (Å²) in [5.41, 5.74) is 1.77. The molecule has 0 radical (unpaired) electrons. The van der Waals surface area contributed by atoms with Gasteiger partial charge < -0.3 is 24.0 Å². The highest BCUT2D eigenvalue weighted by atomic mass is 16.8. The summed E-state index contributed by atoms with van der Waals surface area (Å²) in [5, 5.41) is 0. The summed E-state index contributed by atoms with van der Waals surface area (Å²) in [4.78, 5) is 48.5. The molecule has 2 aromatic rings. The highest BCUT2D eigenvalue weighted by Crippen LogP contribution is 2.31. The van der Waals surface area contributed by atoms with E-state index in [-0.39, 0.29) is 19.0 Å². The second-order valence-electron chi connectivity index (χ2n) is 12.0. The Morgan fingerprint density at radius 3 is 2.02 bits per heavy atom. The number of likely N-dealkylation sites (tertiary alicyclic amines) is 2. The number of carbonyl (C=O) groups excluding carboxylic acids is 3. The Bertz CT molecular complexity index is 1270. The Morgan fingerprint density at radius 1 is 0.800 bits per heavy atom. The van der Waals surface area contributed by atoms with E-state index < -0.39 is 17.8 Å². The number of benzene rings is 2. The van der Waals surface area contributed by atoms with Crippen LogP contribution in [0.1, 0.15) is 50.5 Å². The molecule has 0 N–H and O–H groups in total. The lowest BCUT2D eigenvalue weighted by atomic mass is 10.2. The summed E-state index contributed by atoms with van der Waals surface area (Å²) >= 11 is 0. The van der Waals surface area contributed by atoms with Crippen molar-refractivity contribution in [2.75, 3.05) is 63.9 Å². The van der Waals surface area contributed by atoms with Crippen molar-refractivity contribution in [3.05, 3.63) is 72.3 Å². The van der Waals surface area contributed by atoms with E-state index in [2.05, 4.69) is 9.80 Å². The number of ether oxygens (including phenoxy) is 3. The summed E-state index contributed by atoms with van der Waals surface area (Å²) in [6, 6.07) is 16.9. The number of anilines is 1. The van der Waals surface area contributed by atoms with E-state index in [4.69, 9.17) is 14.2 Å². The maximum atomic E-state index is 14.8. The van der Waals surface area contributed by atoms with E-state index in [0.717, 1.165) is 81.9 Å². The zero-order valence-corrected chi connectivity index (χ0v) is 26.4. The lowest BCUT2D eigenvalue weighted by Gasteiger charge is -2.43. The molecule has 2 aromatic carbocycles. The summed E-state index contributed by atoms with van der Waals surface area (Å²) in [6.07, 6.45) is 7.98. The minimum absolute atomic E-state index is 0.153. The van der Waals surface area contributed by atoms with Crippen LogP contribution in [0, 0.1) is 6.92 Å². The molecule has 10 heteroatoms. The topological polar surface area (TPSA) is 91.9 Å². The second-order valence-corrected chi connectivity index (χ2v) is 12.0. The number of rotatable bonds is 14. The van der Waals surface area contributed by atoms with Gasteiger partial charge in [0.1, 0.15) is 5.75 Å². The number of carbonyl (C=O) groups is 3. The standard InChI is InChI=1S/C35H46N4O6/c1-29-13-15-30(16-14-29)38(25-10-28-43-31-11-3-2-4-12-31)34(42)39(26-9-24-36-20-5-6-21-36)35(19-27-37-22-7-8-23-37)44-32(40)17-18-33(41)45-35/h2-4,11-18H,5-10,19-28H2,1H3. The van der Waals surface area contributed by atoms with Gasteiger partial charge in [0.25, 0.3) is 0 Å². The van der Waals surface area contributed by atoms with Gasteiger partial charge in [0.05, 0.1) is 13.0 Å². The lowest BCUT2D eigenvalue weighted by molar-refractivity contribution is -0.272. The number of nitrogens with zero attached hydrogens (tertiary/aromatic N) is 4. The third-order valence-corrected chi connectivity index (χ3v) is 8.63. The van der Waals surface area contributed by atoms with E-state index in [1.54, 1.807) is 4.90 Å². The predicted molar refractivity (Wildman–Crippen MR) is 172 cm³/mol. The third kappa shape index (κ3) is 9.08. The fraction of sp³-hybridized carbons (Fsp3) is 0.514. The second kappa shape index (κ2) is 15.9. The molecular weight excluding hydrogens is 572 g/mol. The summed E-state index contributed by atoms with van der Waals surface area (Å²) in [6.45, 7) is 8.19. The molecule has 0 saturated carbocycles. The number of esters is 2. The first kappa shape index (κ1) is 32.5. The number of amides is 2. The molecule has 2 saturated heterocycles. The molecule has 3 aliphatic rings. The van der Waals surface area contributed by atoms with Gasteiger partial charge in [-0.25, -0.2) is 14.4 Å². The molecule has 242 valence electrons. The Morgan fingerprint density at radius 2 is 1.40 bits per heavy atom. The van der Waals surface area contributed by atoms with Crippen molar-refractivity contribution in [2.45, 2.75) is 57.8 Å². The van der Waals surface area contributed by atoms with Gasteiger partial charge in [0.15, 0.2) is 0 Å². The molecule has 3 aliphatic heterocycles. The maximum absolute atomic E-state index is 14.8. The molecular formula is C35H46N4O6. The molecule has 2 fully saturated rings. The van der Waals surface area contributed by atoms with Gasteiger partial charge in [-0.05, 0) is 102 Å². The molecule has 3 heterocycles. The number of para-hydroxylation sites is 1. The molecule has 45 heavy (non-hydrogen) atoms. The van der Waals surface area contributed by atoms with Crippen LogP contribution >= 0.6 is 0 Å². The summed E-state index contributed by atoms with van der Waals surface area (Å²) < 4.78 is 17.9. The van der Waals surface area contributed by atoms with Gasteiger partial charge in [0.2, 0.25) is 0 Å². The highest BCUT2D eigenvalue weighted by Gasteiger charge is 2.49. The lowest BCUT2D eigenvalue weighted by Crippen LogP contribution is -2.61. The fourth-order valence-corrected chi connectivity index (χ4v) is 6.20. The zero-order valence-electron chi connectivity index (χ0n) is 26.4. The highest BCUT2D eigenvalue weighted by molar-refractivity contribution is 5.95.